The molecule has 20 nitrogen and oxygen atoms in total. The zero-order valence-electron chi connectivity index (χ0n) is 40.3. The number of carbonyl (C=O) groups is 3. The summed E-state index contributed by atoms with van der Waals surface area (Å²) in [4.78, 5) is 55.3. The summed E-state index contributed by atoms with van der Waals surface area (Å²) in [6.45, 7) is 5.59. The number of anilines is 2. The highest BCUT2D eigenvalue weighted by molar-refractivity contribution is 5.94. The fraction of sp³-hybridized carbons (Fsp3) is 0.346. The average molecular weight is 977 g/mol. The zero-order valence-corrected chi connectivity index (χ0v) is 40.3. The molecule has 3 amide bonds. The smallest absolute Gasteiger partial charge is 0.245 e. The fourth-order valence-electron chi connectivity index (χ4n) is 8.40. The third-order valence-corrected chi connectivity index (χ3v) is 12.3. The number of phenols is 1. The number of hydrogen-bond donors (Lipinski definition) is 6. The fourth-order valence-corrected chi connectivity index (χ4v) is 8.40. The SMILES string of the molecule is CCCN(CCc1ccc(N=Nc2ccc(NC(=O)CNC(=O)CCOCCn3cc(CCC(=O)NCc4ccc(COc5nc(N)nc6nc[nH]c56)cc4)nn3)cc2)cc1)C1CCc2c(O)cccc2C1. The van der Waals surface area contributed by atoms with Crippen molar-refractivity contribution in [3.05, 3.63) is 137 Å². The van der Waals surface area contributed by atoms with E-state index < -0.39 is 0 Å². The van der Waals surface area contributed by atoms with Crippen molar-refractivity contribution in [2.75, 3.05) is 43.9 Å². The van der Waals surface area contributed by atoms with E-state index in [0.717, 1.165) is 67.6 Å². The first-order valence-electron chi connectivity index (χ1n) is 24.3. The number of H-pyrrole nitrogens is 1. The number of nitrogens with one attached hydrogen (secondary N) is 4. The molecule has 0 spiro atoms. The number of phenolic OH excluding ortho intramolecular Hbond substituents is 1. The molecule has 0 fully saturated rings. The molecule has 0 saturated heterocycles. The number of imidazole rings is 1. The van der Waals surface area contributed by atoms with Crippen LogP contribution in [0, 0.1) is 0 Å². The first kappa shape index (κ1) is 50.3. The molecule has 8 rings (SSSR count). The van der Waals surface area contributed by atoms with Crippen molar-refractivity contribution in [3.8, 4) is 11.6 Å². The van der Waals surface area contributed by atoms with E-state index in [2.05, 4.69) is 86.4 Å². The standard InChI is InChI=1S/C52H60N14O6/c1-2-24-65(43-19-20-44-38(29-43)4-3-5-45(44)67)25-22-35-10-12-40(13-11-35)61-62-41-16-14-39(15-17-41)58-48(70)31-55-47(69)23-27-71-28-26-66-32-42(63-64-66)18-21-46(68)54-30-36-6-8-37(9-7-36)33-72-51-49-50(57-34-56-49)59-52(53)60-51/h3-17,32,34,43,67H,2,18-31,33H2,1H3,(H,54,68)(H,55,69)(H,58,70)(H3,53,56,57,59,60). The van der Waals surface area contributed by atoms with Crippen LogP contribution in [0.2, 0.25) is 0 Å². The minimum atomic E-state index is -0.363. The van der Waals surface area contributed by atoms with Gasteiger partial charge in [-0.15, -0.1) is 5.10 Å². The lowest BCUT2D eigenvalue weighted by Crippen LogP contribution is -2.41. The Bertz CT molecular complexity index is 2920. The number of aromatic nitrogens is 7. The molecule has 20 heteroatoms. The second kappa shape index (κ2) is 25.1. The number of nitrogens with zero attached hydrogens (tertiary/aromatic N) is 9. The van der Waals surface area contributed by atoms with Gasteiger partial charge in [-0.25, -0.2) is 9.67 Å². The van der Waals surface area contributed by atoms with Crippen molar-refractivity contribution >= 4 is 51.9 Å². The molecule has 7 aromatic rings. The quantitative estimate of drug-likeness (QED) is 0.0266. The predicted molar refractivity (Wildman–Crippen MR) is 271 cm³/mol. The lowest BCUT2D eigenvalue weighted by molar-refractivity contribution is -0.125. The Balaban J connectivity index is 0.650. The van der Waals surface area contributed by atoms with E-state index in [-0.39, 0.29) is 56.3 Å². The summed E-state index contributed by atoms with van der Waals surface area (Å²) in [5.41, 5.74) is 14.9. The van der Waals surface area contributed by atoms with Gasteiger partial charge in [0.2, 0.25) is 29.5 Å². The van der Waals surface area contributed by atoms with Gasteiger partial charge in [0.25, 0.3) is 0 Å². The van der Waals surface area contributed by atoms with Crippen LogP contribution in [0.5, 0.6) is 11.6 Å². The lowest BCUT2D eigenvalue weighted by atomic mass is 9.86. The van der Waals surface area contributed by atoms with Gasteiger partial charge in [-0.2, -0.15) is 20.2 Å². The monoisotopic (exact) mass is 976 g/mol. The molecule has 0 radical (unpaired) electrons. The van der Waals surface area contributed by atoms with Gasteiger partial charge >= 0.3 is 0 Å². The summed E-state index contributed by atoms with van der Waals surface area (Å²) < 4.78 is 13.1. The number of azo groups is 1. The van der Waals surface area contributed by atoms with Gasteiger partial charge in [0.15, 0.2) is 5.65 Å². The van der Waals surface area contributed by atoms with Crippen molar-refractivity contribution in [3.63, 3.8) is 0 Å². The summed E-state index contributed by atoms with van der Waals surface area (Å²) in [6, 6.07) is 29.2. The molecule has 1 unspecified atom stereocenters. The van der Waals surface area contributed by atoms with Gasteiger partial charge in [-0.05, 0) is 109 Å². The largest absolute Gasteiger partial charge is 0.508 e. The van der Waals surface area contributed by atoms with Gasteiger partial charge in [0.05, 0.1) is 49.7 Å². The number of fused-ring (bicyclic) bond motifs is 2. The van der Waals surface area contributed by atoms with E-state index in [9.17, 15) is 19.5 Å². The molecule has 3 heterocycles. The van der Waals surface area contributed by atoms with Crippen LogP contribution in [0.3, 0.4) is 0 Å². The predicted octanol–water partition coefficient (Wildman–Crippen LogP) is 6.45. The lowest BCUT2D eigenvalue weighted by Gasteiger charge is -2.35. The number of benzene rings is 4. The Morgan fingerprint density at radius 1 is 0.861 bits per heavy atom. The summed E-state index contributed by atoms with van der Waals surface area (Å²) in [7, 11) is 0. The number of nitrogen functional groups attached to an aromatic ring is 1. The molecule has 3 aromatic heterocycles. The van der Waals surface area contributed by atoms with Gasteiger partial charge in [0, 0.05) is 50.3 Å². The zero-order chi connectivity index (χ0) is 50.1. The number of hydrogen-bond acceptors (Lipinski definition) is 15. The molecule has 72 heavy (non-hydrogen) atoms. The van der Waals surface area contributed by atoms with Gasteiger partial charge < -0.3 is 41.2 Å². The van der Waals surface area contributed by atoms with Crippen LogP contribution in [0.1, 0.15) is 66.1 Å². The molecular formula is C52H60N14O6. The van der Waals surface area contributed by atoms with Crippen LogP contribution in [0.4, 0.5) is 23.0 Å². The number of carbonyl (C=O) groups excluding carboxylic acids is 3. The van der Waals surface area contributed by atoms with E-state index in [1.165, 1.54) is 17.5 Å². The molecule has 1 aliphatic rings. The summed E-state index contributed by atoms with van der Waals surface area (Å²) in [5.74, 6) is 0.0348. The Morgan fingerprint density at radius 3 is 2.40 bits per heavy atom. The average Bonchev–Trinajstić information content (AvgIpc) is 4.07. The highest BCUT2D eigenvalue weighted by Gasteiger charge is 2.25. The summed E-state index contributed by atoms with van der Waals surface area (Å²) >= 11 is 0. The number of rotatable bonds is 25. The second-order valence-corrected chi connectivity index (χ2v) is 17.5. The molecular weight excluding hydrogens is 917 g/mol. The van der Waals surface area contributed by atoms with E-state index in [4.69, 9.17) is 15.2 Å². The number of aromatic amines is 1. The number of nitrogens with two attached hydrogens (primary N) is 1. The molecule has 7 N–H and O–H groups in total. The Kier molecular flexibility index (Phi) is 17.6. The highest BCUT2D eigenvalue weighted by Crippen LogP contribution is 2.31. The Labute approximate surface area is 416 Å². The van der Waals surface area contributed by atoms with Gasteiger partial charge in [-0.3, -0.25) is 19.3 Å². The number of aryl methyl sites for hydroxylation is 1. The molecule has 4 aromatic carbocycles. The van der Waals surface area contributed by atoms with E-state index >= 15 is 0 Å². The van der Waals surface area contributed by atoms with Crippen LogP contribution in [-0.2, 0) is 64.5 Å². The van der Waals surface area contributed by atoms with Crippen LogP contribution in [-0.4, -0.2) is 102 Å². The minimum Gasteiger partial charge on any atom is -0.508 e. The van der Waals surface area contributed by atoms with Crippen LogP contribution in [0.15, 0.2) is 114 Å². The minimum absolute atomic E-state index is 0.0786. The maximum atomic E-state index is 12.6. The molecule has 1 aliphatic carbocycles. The number of aromatic hydroxyl groups is 1. The third kappa shape index (κ3) is 14.7. The maximum absolute atomic E-state index is 12.6. The molecule has 0 bridgehead atoms. The molecule has 0 saturated carbocycles. The van der Waals surface area contributed by atoms with Gasteiger partial charge in [-0.1, -0.05) is 60.7 Å². The van der Waals surface area contributed by atoms with Crippen molar-refractivity contribution in [2.24, 2.45) is 10.2 Å². The Hall–Kier alpha value is -8.10. The first-order chi connectivity index (χ1) is 35.1. The molecule has 374 valence electrons. The van der Waals surface area contributed by atoms with E-state index in [1.807, 2.05) is 42.5 Å². The van der Waals surface area contributed by atoms with Gasteiger partial charge in [0.1, 0.15) is 17.9 Å². The van der Waals surface area contributed by atoms with Crippen molar-refractivity contribution in [1.29, 1.82) is 0 Å². The second-order valence-electron chi connectivity index (χ2n) is 17.5. The summed E-state index contributed by atoms with van der Waals surface area (Å²) in [6.07, 6.45) is 9.00. The highest BCUT2D eigenvalue weighted by atomic mass is 16.5. The molecule has 0 aliphatic heterocycles. The van der Waals surface area contributed by atoms with Crippen LogP contribution < -0.4 is 26.4 Å². The van der Waals surface area contributed by atoms with Crippen LogP contribution in [0.25, 0.3) is 11.2 Å². The van der Waals surface area contributed by atoms with Crippen molar-refractivity contribution in [2.45, 2.75) is 84.0 Å². The number of ether oxygens (including phenoxy) is 2. The Morgan fingerprint density at radius 2 is 1.61 bits per heavy atom. The molecule has 1 atom stereocenters. The van der Waals surface area contributed by atoms with Crippen molar-refractivity contribution in [1.82, 2.24) is 50.5 Å². The topological polar surface area (TPSA) is 265 Å². The van der Waals surface area contributed by atoms with E-state index in [1.54, 1.807) is 41.2 Å². The van der Waals surface area contributed by atoms with Crippen molar-refractivity contribution < 1.29 is 29.0 Å². The van der Waals surface area contributed by atoms with E-state index in [0.29, 0.717) is 72.0 Å². The third-order valence-electron chi connectivity index (χ3n) is 12.3. The number of amides is 3. The maximum Gasteiger partial charge on any atom is 0.245 e. The normalized spacial score (nSPS) is 13.3. The summed E-state index contributed by atoms with van der Waals surface area (Å²) in [5, 5.41) is 35.6. The first-order valence-corrected chi connectivity index (χ1v) is 24.3. The van der Waals surface area contributed by atoms with Crippen LogP contribution >= 0.6 is 0 Å².